The summed E-state index contributed by atoms with van der Waals surface area (Å²) in [5.41, 5.74) is 3.39. The van der Waals surface area contributed by atoms with E-state index in [-0.39, 0.29) is 5.92 Å². The van der Waals surface area contributed by atoms with Gasteiger partial charge in [-0.1, -0.05) is 6.92 Å². The van der Waals surface area contributed by atoms with Crippen molar-refractivity contribution < 1.29 is 4.79 Å². The molecule has 0 saturated carbocycles. The lowest BCUT2D eigenvalue weighted by atomic mass is 9.93. The van der Waals surface area contributed by atoms with E-state index in [4.69, 9.17) is 4.98 Å². The third kappa shape index (κ3) is 2.98. The molecule has 0 aliphatic carbocycles. The Labute approximate surface area is 159 Å². The van der Waals surface area contributed by atoms with Crippen molar-refractivity contribution in [3.8, 4) is 0 Å². The first-order valence-corrected chi connectivity index (χ1v) is 10.3. The monoisotopic (exact) mass is 368 g/mol. The molecule has 0 bridgehead atoms. The zero-order chi connectivity index (χ0) is 18.4. The van der Waals surface area contributed by atoms with Crippen molar-refractivity contribution in [2.45, 2.75) is 32.6 Å². The molecule has 7 nitrogen and oxygen atoms in total. The van der Waals surface area contributed by atoms with Crippen LogP contribution in [0.15, 0.2) is 12.3 Å². The highest BCUT2D eigenvalue weighted by molar-refractivity contribution is 5.82. The van der Waals surface area contributed by atoms with E-state index in [9.17, 15) is 4.79 Å². The van der Waals surface area contributed by atoms with E-state index >= 15 is 0 Å². The minimum absolute atomic E-state index is 0.122. The van der Waals surface area contributed by atoms with Crippen LogP contribution in [0.1, 0.15) is 31.0 Å². The van der Waals surface area contributed by atoms with E-state index < -0.39 is 0 Å². The molecule has 2 aromatic heterocycles. The summed E-state index contributed by atoms with van der Waals surface area (Å²) in [5, 5.41) is 7.99. The second-order valence-corrected chi connectivity index (χ2v) is 8.32. The summed E-state index contributed by atoms with van der Waals surface area (Å²) in [6.07, 6.45) is 6.02. The van der Waals surface area contributed by atoms with Crippen LogP contribution < -0.4 is 10.2 Å². The Morgan fingerprint density at radius 2 is 1.96 bits per heavy atom. The molecule has 7 heteroatoms. The lowest BCUT2D eigenvalue weighted by molar-refractivity contribution is -0.137. The highest BCUT2D eigenvalue weighted by atomic mass is 16.2. The molecule has 1 amide bonds. The number of nitrogens with zero attached hydrogens (tertiary/aromatic N) is 5. The van der Waals surface area contributed by atoms with Crippen LogP contribution in [0, 0.1) is 11.8 Å². The predicted octanol–water partition coefficient (Wildman–Crippen LogP) is 1.11. The van der Waals surface area contributed by atoms with Crippen molar-refractivity contribution >= 4 is 17.4 Å². The molecule has 0 aromatic carbocycles. The van der Waals surface area contributed by atoms with Gasteiger partial charge < -0.3 is 15.1 Å². The zero-order valence-electron chi connectivity index (χ0n) is 16.0. The van der Waals surface area contributed by atoms with Gasteiger partial charge in [0.1, 0.15) is 5.82 Å². The fraction of sp³-hybridized carbons (Fsp3) is 0.650. The maximum Gasteiger partial charge on any atom is 0.229 e. The maximum atomic E-state index is 12.9. The first-order valence-electron chi connectivity index (χ1n) is 10.3. The van der Waals surface area contributed by atoms with Crippen LogP contribution in [-0.4, -0.2) is 64.7 Å². The minimum Gasteiger partial charge on any atom is -0.354 e. The Kier molecular flexibility index (Phi) is 4.27. The Morgan fingerprint density at radius 3 is 2.78 bits per heavy atom. The second-order valence-electron chi connectivity index (χ2n) is 8.32. The number of hydrogen-bond acceptors (Lipinski definition) is 5. The van der Waals surface area contributed by atoms with Gasteiger partial charge in [0.15, 0.2) is 5.65 Å². The Morgan fingerprint density at radius 1 is 1.19 bits per heavy atom. The molecule has 0 unspecified atom stereocenters. The van der Waals surface area contributed by atoms with Crippen LogP contribution in [0.2, 0.25) is 0 Å². The summed E-state index contributed by atoms with van der Waals surface area (Å²) in [5.74, 6) is 2.37. The number of anilines is 1. The van der Waals surface area contributed by atoms with Crippen molar-refractivity contribution in [2.75, 3.05) is 44.2 Å². The van der Waals surface area contributed by atoms with E-state index in [0.29, 0.717) is 5.91 Å². The van der Waals surface area contributed by atoms with Gasteiger partial charge in [-0.15, -0.1) is 0 Å². The normalized spacial score (nSPS) is 21.8. The molecule has 144 valence electrons. The highest BCUT2D eigenvalue weighted by Crippen LogP contribution is 2.32. The van der Waals surface area contributed by atoms with Gasteiger partial charge in [-0.25, -0.2) is 4.98 Å². The minimum atomic E-state index is 0.122. The van der Waals surface area contributed by atoms with Gasteiger partial charge in [0, 0.05) is 50.8 Å². The van der Waals surface area contributed by atoms with Crippen LogP contribution in [0.5, 0.6) is 0 Å². The van der Waals surface area contributed by atoms with Crippen LogP contribution in [0.4, 0.5) is 5.82 Å². The Hall–Kier alpha value is -2.15. The Balaban J connectivity index is 1.37. The van der Waals surface area contributed by atoms with E-state index in [2.05, 4.69) is 27.1 Å². The molecule has 0 radical (unpaired) electrons. The summed E-state index contributed by atoms with van der Waals surface area (Å²) >= 11 is 0. The molecule has 0 atom stereocenters. The van der Waals surface area contributed by atoms with E-state index in [1.54, 1.807) is 0 Å². The molecule has 1 N–H and O–H groups in total. The summed E-state index contributed by atoms with van der Waals surface area (Å²) in [7, 11) is 0. The van der Waals surface area contributed by atoms with Gasteiger partial charge in [-0.05, 0) is 31.7 Å². The largest absolute Gasteiger partial charge is 0.354 e. The molecule has 3 aliphatic rings. The third-order valence-electron chi connectivity index (χ3n) is 6.41. The van der Waals surface area contributed by atoms with Crippen molar-refractivity contribution in [3.63, 3.8) is 0 Å². The number of likely N-dealkylation sites (tertiary alicyclic amines) is 1. The van der Waals surface area contributed by atoms with Crippen LogP contribution in [0.3, 0.4) is 0 Å². The Bertz CT molecular complexity index is 848. The van der Waals surface area contributed by atoms with Crippen molar-refractivity contribution in [1.82, 2.24) is 24.8 Å². The molecule has 3 aliphatic heterocycles. The highest BCUT2D eigenvalue weighted by Gasteiger charge is 2.38. The predicted molar refractivity (Wildman–Crippen MR) is 104 cm³/mol. The van der Waals surface area contributed by atoms with Gasteiger partial charge in [-0.3, -0.25) is 4.79 Å². The number of nitrogens with one attached hydrogen (secondary N) is 1. The average Bonchev–Trinajstić information content (AvgIpc) is 2.97. The number of carbonyl (C=O) groups excluding carboxylic acids is 1. The van der Waals surface area contributed by atoms with E-state index in [1.165, 1.54) is 11.3 Å². The standard InChI is InChI=1S/C20H28N6O/c1-14-5-10-24(11-6-14)20(27)15-12-25(13-15)19-16-2-7-21-8-3-17(16)23-18-4-9-22-26(18)19/h4,9,14-15,21H,2-3,5-8,10-13H2,1H3. The number of fused-ring (bicyclic) bond motifs is 2. The third-order valence-corrected chi connectivity index (χ3v) is 6.41. The number of aromatic nitrogens is 3. The zero-order valence-corrected chi connectivity index (χ0v) is 16.0. The van der Waals surface area contributed by atoms with E-state index in [1.807, 2.05) is 16.8 Å². The van der Waals surface area contributed by atoms with Crippen molar-refractivity contribution in [1.29, 1.82) is 0 Å². The van der Waals surface area contributed by atoms with Gasteiger partial charge in [-0.2, -0.15) is 9.61 Å². The number of rotatable bonds is 2. The summed E-state index contributed by atoms with van der Waals surface area (Å²) in [6.45, 7) is 7.67. The lowest BCUT2D eigenvalue weighted by Gasteiger charge is -2.43. The van der Waals surface area contributed by atoms with Gasteiger partial charge in [0.25, 0.3) is 0 Å². The number of piperidine rings is 1. The molecule has 2 fully saturated rings. The quantitative estimate of drug-likeness (QED) is 0.860. The molecule has 27 heavy (non-hydrogen) atoms. The van der Waals surface area contributed by atoms with Gasteiger partial charge in [0.05, 0.1) is 17.8 Å². The summed E-state index contributed by atoms with van der Waals surface area (Å²) in [6, 6.07) is 1.97. The van der Waals surface area contributed by atoms with Crippen LogP contribution >= 0.6 is 0 Å². The number of amides is 1. The fourth-order valence-corrected chi connectivity index (χ4v) is 4.63. The first kappa shape index (κ1) is 17.0. The molecule has 5 heterocycles. The van der Waals surface area contributed by atoms with E-state index in [0.717, 1.165) is 82.3 Å². The lowest BCUT2D eigenvalue weighted by Crippen LogP contribution is -2.56. The number of hydrogen-bond donors (Lipinski definition) is 1. The van der Waals surface area contributed by atoms with Crippen molar-refractivity contribution in [2.24, 2.45) is 11.8 Å². The van der Waals surface area contributed by atoms with Gasteiger partial charge in [0.2, 0.25) is 5.91 Å². The molecular weight excluding hydrogens is 340 g/mol. The number of carbonyl (C=O) groups is 1. The molecule has 2 saturated heterocycles. The maximum absolute atomic E-state index is 12.9. The topological polar surface area (TPSA) is 65.8 Å². The second kappa shape index (κ2) is 6.78. The molecule has 2 aromatic rings. The molecular formula is C20H28N6O. The fourth-order valence-electron chi connectivity index (χ4n) is 4.63. The SMILES string of the molecule is CC1CCN(C(=O)C2CN(c3c4c(nc5ccnn35)CCNCC4)C2)CC1. The van der Waals surface area contributed by atoms with Crippen molar-refractivity contribution in [3.05, 3.63) is 23.5 Å². The molecule has 0 spiro atoms. The smallest absolute Gasteiger partial charge is 0.229 e. The van der Waals surface area contributed by atoms with Gasteiger partial charge >= 0.3 is 0 Å². The first-order chi connectivity index (χ1) is 13.2. The van der Waals surface area contributed by atoms with Crippen LogP contribution in [0.25, 0.3) is 5.65 Å². The summed E-state index contributed by atoms with van der Waals surface area (Å²) in [4.78, 5) is 22.1. The average molecular weight is 368 g/mol. The molecule has 5 rings (SSSR count). The summed E-state index contributed by atoms with van der Waals surface area (Å²) < 4.78 is 1.97. The van der Waals surface area contributed by atoms with Crippen LogP contribution in [-0.2, 0) is 17.6 Å².